The summed E-state index contributed by atoms with van der Waals surface area (Å²) in [5, 5.41) is 0. The molecule has 0 radical (unpaired) electrons. The van der Waals surface area contributed by atoms with Gasteiger partial charge in [-0.05, 0) is 31.5 Å². The molecule has 3 N–H and O–H groups in total. The van der Waals surface area contributed by atoms with Crippen LogP contribution in [0.5, 0.6) is 0 Å². The van der Waals surface area contributed by atoms with E-state index in [1.165, 1.54) is 16.7 Å². The Kier molecular flexibility index (Phi) is 3.59. The molecule has 17 heavy (non-hydrogen) atoms. The van der Waals surface area contributed by atoms with Crippen molar-refractivity contribution in [1.29, 1.82) is 0 Å². The van der Waals surface area contributed by atoms with Gasteiger partial charge in [0.05, 0.1) is 0 Å². The van der Waals surface area contributed by atoms with Gasteiger partial charge < -0.3 is 10.7 Å². The van der Waals surface area contributed by atoms with Crippen LogP contribution in [-0.4, -0.2) is 16.5 Å². The molecule has 0 unspecified atom stereocenters. The lowest BCUT2D eigenvalue weighted by Crippen LogP contribution is -2.03. The predicted molar refractivity (Wildman–Crippen MR) is 70.1 cm³/mol. The number of rotatable bonds is 4. The Hall–Kier alpha value is -1.61. The molecule has 0 atom stereocenters. The van der Waals surface area contributed by atoms with E-state index in [2.05, 4.69) is 42.0 Å². The van der Waals surface area contributed by atoms with Gasteiger partial charge in [0.1, 0.15) is 5.82 Å². The first-order valence-electron chi connectivity index (χ1n) is 5.98. The minimum Gasteiger partial charge on any atom is -0.346 e. The second-order valence-corrected chi connectivity index (χ2v) is 4.50. The van der Waals surface area contributed by atoms with Crippen LogP contribution < -0.4 is 5.73 Å². The van der Waals surface area contributed by atoms with Gasteiger partial charge in [0.2, 0.25) is 0 Å². The van der Waals surface area contributed by atoms with Gasteiger partial charge in [0, 0.05) is 24.7 Å². The molecule has 0 saturated carbocycles. The maximum absolute atomic E-state index is 5.52. The van der Waals surface area contributed by atoms with Crippen molar-refractivity contribution < 1.29 is 0 Å². The summed E-state index contributed by atoms with van der Waals surface area (Å²) in [6.07, 6.45) is 3.60. The van der Waals surface area contributed by atoms with Crippen molar-refractivity contribution in [2.75, 3.05) is 6.54 Å². The van der Waals surface area contributed by atoms with Crippen LogP contribution >= 0.6 is 0 Å². The van der Waals surface area contributed by atoms with Crippen LogP contribution in [0.2, 0.25) is 0 Å². The number of aromatic amines is 1. The fourth-order valence-corrected chi connectivity index (χ4v) is 1.95. The molecule has 1 aromatic heterocycles. The van der Waals surface area contributed by atoms with Crippen LogP contribution in [0.15, 0.2) is 24.4 Å². The van der Waals surface area contributed by atoms with Crippen molar-refractivity contribution in [3.8, 4) is 0 Å². The third-order valence-corrected chi connectivity index (χ3v) is 2.96. The van der Waals surface area contributed by atoms with Gasteiger partial charge in [-0.1, -0.05) is 23.8 Å². The summed E-state index contributed by atoms with van der Waals surface area (Å²) in [6, 6.07) is 6.52. The molecule has 0 aliphatic rings. The fraction of sp³-hybridized carbons (Fsp3) is 0.357. The highest BCUT2D eigenvalue weighted by Gasteiger charge is 2.04. The zero-order valence-corrected chi connectivity index (χ0v) is 10.5. The standard InChI is InChI=1S/C14H19N3/c1-10-3-4-11(2)12(7-10)8-14-16-9-13(17-14)5-6-15/h3-4,7,9H,5-6,8,15H2,1-2H3,(H,16,17). The average molecular weight is 229 g/mol. The summed E-state index contributed by atoms with van der Waals surface area (Å²) >= 11 is 0. The van der Waals surface area contributed by atoms with E-state index in [4.69, 9.17) is 5.73 Å². The molecule has 0 amide bonds. The molecule has 0 bridgehead atoms. The normalized spacial score (nSPS) is 10.8. The van der Waals surface area contributed by atoms with E-state index in [9.17, 15) is 0 Å². The van der Waals surface area contributed by atoms with E-state index < -0.39 is 0 Å². The number of nitrogens with zero attached hydrogens (tertiary/aromatic N) is 1. The van der Waals surface area contributed by atoms with Crippen molar-refractivity contribution in [3.63, 3.8) is 0 Å². The lowest BCUT2D eigenvalue weighted by Gasteiger charge is -2.05. The van der Waals surface area contributed by atoms with Gasteiger partial charge in [0.25, 0.3) is 0 Å². The minimum absolute atomic E-state index is 0.658. The van der Waals surface area contributed by atoms with E-state index in [0.29, 0.717) is 6.54 Å². The van der Waals surface area contributed by atoms with Crippen LogP contribution in [0.3, 0.4) is 0 Å². The molecule has 3 nitrogen and oxygen atoms in total. The molecule has 0 spiro atoms. The number of nitrogens with two attached hydrogens (primary N) is 1. The number of aryl methyl sites for hydroxylation is 2. The number of aromatic nitrogens is 2. The summed E-state index contributed by atoms with van der Waals surface area (Å²) in [6.45, 7) is 4.91. The second kappa shape index (κ2) is 5.15. The molecule has 0 aliphatic carbocycles. The molecule has 1 heterocycles. The molecule has 3 heteroatoms. The van der Waals surface area contributed by atoms with Crippen molar-refractivity contribution in [3.05, 3.63) is 52.6 Å². The highest BCUT2D eigenvalue weighted by atomic mass is 14.9. The Bertz CT molecular complexity index is 500. The Morgan fingerprint density at radius 2 is 2.12 bits per heavy atom. The summed E-state index contributed by atoms with van der Waals surface area (Å²) in [4.78, 5) is 7.71. The Balaban J connectivity index is 2.16. The third kappa shape index (κ3) is 2.94. The first-order chi connectivity index (χ1) is 8.19. The van der Waals surface area contributed by atoms with Crippen LogP contribution in [-0.2, 0) is 12.8 Å². The Labute approximate surface area is 102 Å². The van der Waals surface area contributed by atoms with Gasteiger partial charge in [-0.3, -0.25) is 0 Å². The number of hydrogen-bond donors (Lipinski definition) is 2. The predicted octanol–water partition coefficient (Wildman–Crippen LogP) is 2.12. The van der Waals surface area contributed by atoms with Crippen molar-refractivity contribution in [2.45, 2.75) is 26.7 Å². The number of benzene rings is 1. The molecule has 2 rings (SSSR count). The van der Waals surface area contributed by atoms with Gasteiger partial charge >= 0.3 is 0 Å². The van der Waals surface area contributed by atoms with Crippen molar-refractivity contribution >= 4 is 0 Å². The van der Waals surface area contributed by atoms with Crippen molar-refractivity contribution in [1.82, 2.24) is 9.97 Å². The topological polar surface area (TPSA) is 54.7 Å². The largest absolute Gasteiger partial charge is 0.346 e. The average Bonchev–Trinajstić information content (AvgIpc) is 2.72. The quantitative estimate of drug-likeness (QED) is 0.843. The van der Waals surface area contributed by atoms with Gasteiger partial charge in [0.15, 0.2) is 0 Å². The number of imidazole rings is 1. The zero-order valence-electron chi connectivity index (χ0n) is 10.5. The number of H-pyrrole nitrogens is 1. The summed E-state index contributed by atoms with van der Waals surface area (Å²) in [5.41, 5.74) is 10.6. The summed E-state index contributed by atoms with van der Waals surface area (Å²) in [7, 11) is 0. The van der Waals surface area contributed by atoms with Crippen LogP contribution in [0.4, 0.5) is 0 Å². The molecule has 1 aromatic carbocycles. The number of nitrogens with one attached hydrogen (secondary N) is 1. The van der Waals surface area contributed by atoms with Gasteiger partial charge in [-0.15, -0.1) is 0 Å². The maximum atomic E-state index is 5.52. The monoisotopic (exact) mass is 229 g/mol. The highest BCUT2D eigenvalue weighted by Crippen LogP contribution is 2.14. The van der Waals surface area contributed by atoms with Crippen LogP contribution in [0, 0.1) is 13.8 Å². The number of hydrogen-bond acceptors (Lipinski definition) is 2. The van der Waals surface area contributed by atoms with E-state index in [1.54, 1.807) is 0 Å². The minimum atomic E-state index is 0.658. The summed E-state index contributed by atoms with van der Waals surface area (Å²) < 4.78 is 0. The molecule has 0 saturated heterocycles. The first kappa shape index (κ1) is 11.9. The van der Waals surface area contributed by atoms with E-state index in [0.717, 1.165) is 24.4 Å². The molecule has 0 aliphatic heterocycles. The first-order valence-corrected chi connectivity index (χ1v) is 5.98. The highest BCUT2D eigenvalue weighted by molar-refractivity contribution is 5.32. The summed E-state index contributed by atoms with van der Waals surface area (Å²) in [5.74, 6) is 1.02. The smallest absolute Gasteiger partial charge is 0.110 e. The van der Waals surface area contributed by atoms with E-state index in [1.807, 2.05) is 6.20 Å². The second-order valence-electron chi connectivity index (χ2n) is 4.50. The Morgan fingerprint density at radius 1 is 1.29 bits per heavy atom. The lowest BCUT2D eigenvalue weighted by molar-refractivity contribution is 0.918. The van der Waals surface area contributed by atoms with Gasteiger partial charge in [-0.25, -0.2) is 4.98 Å². The van der Waals surface area contributed by atoms with E-state index >= 15 is 0 Å². The van der Waals surface area contributed by atoms with E-state index in [-0.39, 0.29) is 0 Å². The van der Waals surface area contributed by atoms with Crippen LogP contribution in [0.1, 0.15) is 28.2 Å². The third-order valence-electron chi connectivity index (χ3n) is 2.96. The van der Waals surface area contributed by atoms with Crippen LogP contribution in [0.25, 0.3) is 0 Å². The molecule has 0 fully saturated rings. The molecular weight excluding hydrogens is 210 g/mol. The molecule has 2 aromatic rings. The Morgan fingerprint density at radius 3 is 2.88 bits per heavy atom. The fourth-order valence-electron chi connectivity index (χ4n) is 1.95. The lowest BCUT2D eigenvalue weighted by atomic mass is 10.0. The molecular formula is C14H19N3. The molecule has 90 valence electrons. The SMILES string of the molecule is Cc1ccc(C)c(Cc2ncc(CCN)[nH]2)c1. The zero-order chi connectivity index (χ0) is 12.3. The maximum Gasteiger partial charge on any atom is 0.110 e. The van der Waals surface area contributed by atoms with Gasteiger partial charge in [-0.2, -0.15) is 0 Å². The van der Waals surface area contributed by atoms with Crippen molar-refractivity contribution in [2.24, 2.45) is 5.73 Å².